The largest absolute Gasteiger partial charge is 0.504 e. The number of amides is 1. The van der Waals surface area contributed by atoms with Crippen LogP contribution in [0.25, 0.3) is 0 Å². The zero-order valence-corrected chi connectivity index (χ0v) is 12.1. The van der Waals surface area contributed by atoms with Crippen LogP contribution in [0.15, 0.2) is 18.2 Å². The Morgan fingerprint density at radius 3 is 2.48 bits per heavy atom. The molecule has 0 fully saturated rings. The molecule has 2 rings (SSSR count). The second-order valence-electron chi connectivity index (χ2n) is 4.42. The van der Waals surface area contributed by atoms with Gasteiger partial charge in [0.15, 0.2) is 11.5 Å². The molecule has 0 bridgehead atoms. The lowest BCUT2D eigenvalue weighted by Gasteiger charge is -2.07. The number of hydrogen-bond donors (Lipinski definition) is 4. The van der Waals surface area contributed by atoms with Crippen LogP contribution in [-0.4, -0.2) is 27.2 Å². The van der Waals surface area contributed by atoms with Gasteiger partial charge in [0.25, 0.3) is 5.91 Å². The summed E-state index contributed by atoms with van der Waals surface area (Å²) in [5.41, 5.74) is 0.489. The maximum atomic E-state index is 12.1. The Bertz CT molecular complexity index is 735. The molecule has 4 N–H and O–H groups in total. The van der Waals surface area contributed by atoms with Gasteiger partial charge in [0.1, 0.15) is 5.00 Å². The molecule has 0 saturated heterocycles. The van der Waals surface area contributed by atoms with E-state index in [1.807, 2.05) is 0 Å². The summed E-state index contributed by atoms with van der Waals surface area (Å²) >= 11 is 1.15. The minimum atomic E-state index is -1.13. The number of phenols is 2. The third-order valence-corrected chi connectivity index (χ3v) is 4.21. The molecule has 0 atom stereocenters. The summed E-state index contributed by atoms with van der Waals surface area (Å²) in [6.45, 7) is 3.42. The number of aromatic hydroxyl groups is 2. The molecular weight excluding hydrogens is 294 g/mol. The first-order valence-corrected chi connectivity index (χ1v) is 6.80. The van der Waals surface area contributed by atoms with Gasteiger partial charge in [0.05, 0.1) is 11.1 Å². The Kier molecular flexibility index (Phi) is 3.86. The first-order valence-electron chi connectivity index (χ1n) is 5.98. The fourth-order valence-corrected chi connectivity index (χ4v) is 2.91. The normalized spacial score (nSPS) is 10.4. The van der Waals surface area contributed by atoms with E-state index >= 15 is 0 Å². The van der Waals surface area contributed by atoms with Gasteiger partial charge in [0, 0.05) is 4.88 Å². The summed E-state index contributed by atoms with van der Waals surface area (Å²) in [5.74, 6) is -2.78. The molecule has 2 aromatic rings. The molecule has 1 aromatic heterocycles. The first kappa shape index (κ1) is 14.9. The van der Waals surface area contributed by atoms with Gasteiger partial charge in [-0.05, 0) is 31.5 Å². The fourth-order valence-electron chi connectivity index (χ4n) is 1.86. The van der Waals surface area contributed by atoms with E-state index in [9.17, 15) is 24.9 Å². The van der Waals surface area contributed by atoms with Gasteiger partial charge in [-0.15, -0.1) is 11.3 Å². The van der Waals surface area contributed by atoms with E-state index in [-0.39, 0.29) is 16.1 Å². The number of rotatable bonds is 3. The van der Waals surface area contributed by atoms with Crippen LogP contribution in [0, 0.1) is 13.8 Å². The molecule has 7 heteroatoms. The summed E-state index contributed by atoms with van der Waals surface area (Å²) in [7, 11) is 0. The zero-order chi connectivity index (χ0) is 15.7. The van der Waals surface area contributed by atoms with E-state index in [0.717, 1.165) is 16.2 Å². The van der Waals surface area contributed by atoms with Gasteiger partial charge in [0.2, 0.25) is 0 Å². The van der Waals surface area contributed by atoms with Crippen molar-refractivity contribution in [3.05, 3.63) is 39.8 Å². The van der Waals surface area contributed by atoms with E-state index in [1.54, 1.807) is 13.8 Å². The van der Waals surface area contributed by atoms with Gasteiger partial charge in [-0.3, -0.25) is 4.79 Å². The maximum absolute atomic E-state index is 12.1. The molecular formula is C14H13NO5S. The molecule has 0 spiro atoms. The molecule has 0 unspecified atom stereocenters. The monoisotopic (exact) mass is 307 g/mol. The summed E-state index contributed by atoms with van der Waals surface area (Å²) in [4.78, 5) is 24.2. The van der Waals surface area contributed by atoms with Crippen molar-refractivity contribution in [2.75, 3.05) is 5.32 Å². The number of para-hydroxylation sites is 1. The minimum absolute atomic E-state index is 0.0329. The van der Waals surface area contributed by atoms with Crippen molar-refractivity contribution in [1.82, 2.24) is 0 Å². The molecule has 0 aliphatic heterocycles. The van der Waals surface area contributed by atoms with Crippen molar-refractivity contribution in [1.29, 1.82) is 0 Å². The lowest BCUT2D eigenvalue weighted by atomic mass is 10.1. The molecule has 1 amide bonds. The lowest BCUT2D eigenvalue weighted by Crippen LogP contribution is -2.13. The standard InChI is InChI=1S/C14H13NO5S/c1-6-7(2)21-13(10(6)14(19)20)15-12(18)8-4-3-5-9(16)11(8)17/h3-5,16-17H,1-2H3,(H,15,18)(H,19,20). The number of carboxylic acids is 1. The number of carbonyl (C=O) groups excluding carboxylic acids is 1. The number of aryl methyl sites for hydroxylation is 1. The number of benzene rings is 1. The molecule has 6 nitrogen and oxygen atoms in total. The van der Waals surface area contributed by atoms with Crippen molar-refractivity contribution in [3.63, 3.8) is 0 Å². The molecule has 1 aromatic carbocycles. The quantitative estimate of drug-likeness (QED) is 0.652. The van der Waals surface area contributed by atoms with Crippen LogP contribution in [0.5, 0.6) is 11.5 Å². The maximum Gasteiger partial charge on any atom is 0.338 e. The van der Waals surface area contributed by atoms with Gasteiger partial charge >= 0.3 is 5.97 Å². The second kappa shape index (κ2) is 5.45. The topological polar surface area (TPSA) is 107 Å². The predicted molar refractivity (Wildman–Crippen MR) is 78.5 cm³/mol. The highest BCUT2D eigenvalue weighted by atomic mass is 32.1. The minimum Gasteiger partial charge on any atom is -0.504 e. The van der Waals surface area contributed by atoms with Crippen LogP contribution < -0.4 is 5.32 Å². The highest BCUT2D eigenvalue weighted by molar-refractivity contribution is 7.16. The van der Waals surface area contributed by atoms with Gasteiger partial charge in [-0.1, -0.05) is 6.07 Å². The van der Waals surface area contributed by atoms with Crippen molar-refractivity contribution in [2.24, 2.45) is 0 Å². The number of anilines is 1. The summed E-state index contributed by atoms with van der Waals surface area (Å²) in [5, 5.41) is 30.9. The van der Waals surface area contributed by atoms with E-state index in [2.05, 4.69) is 5.32 Å². The Morgan fingerprint density at radius 1 is 1.19 bits per heavy atom. The third-order valence-electron chi connectivity index (χ3n) is 3.09. The predicted octanol–water partition coefficient (Wildman–Crippen LogP) is 2.73. The Labute approximate surface area is 124 Å². The first-order chi connectivity index (χ1) is 9.82. The highest BCUT2D eigenvalue weighted by Crippen LogP contribution is 2.34. The molecule has 0 radical (unpaired) electrons. The van der Waals surface area contributed by atoms with E-state index in [0.29, 0.717) is 5.56 Å². The van der Waals surface area contributed by atoms with Crippen molar-refractivity contribution >= 4 is 28.2 Å². The SMILES string of the molecule is Cc1sc(NC(=O)c2cccc(O)c2O)c(C(=O)O)c1C. The Hall–Kier alpha value is -2.54. The van der Waals surface area contributed by atoms with Crippen LogP contribution in [0.2, 0.25) is 0 Å². The number of carboxylic acid groups (broad SMARTS) is 1. The summed E-state index contributed by atoms with van der Waals surface area (Å²) in [6.07, 6.45) is 0. The van der Waals surface area contributed by atoms with E-state index in [1.165, 1.54) is 18.2 Å². The Balaban J connectivity index is 2.39. The molecule has 110 valence electrons. The van der Waals surface area contributed by atoms with Gasteiger partial charge < -0.3 is 20.6 Å². The highest BCUT2D eigenvalue weighted by Gasteiger charge is 2.22. The van der Waals surface area contributed by atoms with Crippen LogP contribution in [0.3, 0.4) is 0 Å². The summed E-state index contributed by atoms with van der Waals surface area (Å²) in [6, 6.07) is 3.99. The molecule has 0 saturated carbocycles. The molecule has 1 heterocycles. The number of aromatic carboxylic acids is 1. The Morgan fingerprint density at radius 2 is 1.86 bits per heavy atom. The number of carbonyl (C=O) groups is 2. The second-order valence-corrected chi connectivity index (χ2v) is 5.64. The number of phenolic OH excluding ortho intramolecular Hbond substituents is 2. The molecule has 0 aliphatic carbocycles. The van der Waals surface area contributed by atoms with Crippen molar-refractivity contribution in [2.45, 2.75) is 13.8 Å². The number of nitrogens with one attached hydrogen (secondary N) is 1. The molecule has 21 heavy (non-hydrogen) atoms. The lowest BCUT2D eigenvalue weighted by molar-refractivity contribution is 0.0697. The van der Waals surface area contributed by atoms with Crippen molar-refractivity contribution in [3.8, 4) is 11.5 Å². The van der Waals surface area contributed by atoms with Crippen molar-refractivity contribution < 1.29 is 24.9 Å². The van der Waals surface area contributed by atoms with Gasteiger partial charge in [-0.2, -0.15) is 0 Å². The fraction of sp³-hybridized carbons (Fsp3) is 0.143. The van der Waals surface area contributed by atoms with Crippen LogP contribution in [-0.2, 0) is 0 Å². The van der Waals surface area contributed by atoms with Crippen LogP contribution in [0.4, 0.5) is 5.00 Å². The van der Waals surface area contributed by atoms with Gasteiger partial charge in [-0.25, -0.2) is 4.79 Å². The number of hydrogen-bond acceptors (Lipinski definition) is 5. The average molecular weight is 307 g/mol. The zero-order valence-electron chi connectivity index (χ0n) is 11.3. The number of thiophene rings is 1. The average Bonchev–Trinajstić information content (AvgIpc) is 2.67. The summed E-state index contributed by atoms with van der Waals surface area (Å²) < 4.78 is 0. The van der Waals surface area contributed by atoms with Crippen LogP contribution >= 0.6 is 11.3 Å². The van der Waals surface area contributed by atoms with E-state index < -0.39 is 23.4 Å². The van der Waals surface area contributed by atoms with E-state index in [4.69, 9.17) is 0 Å². The molecule has 0 aliphatic rings. The smallest absolute Gasteiger partial charge is 0.338 e. The van der Waals surface area contributed by atoms with Crippen LogP contribution in [0.1, 0.15) is 31.2 Å². The third kappa shape index (κ3) is 2.68.